The van der Waals surface area contributed by atoms with E-state index in [9.17, 15) is 8.42 Å². The molecule has 0 amide bonds. The summed E-state index contributed by atoms with van der Waals surface area (Å²) in [6.45, 7) is 8.70. The topological polar surface area (TPSA) is 64.6 Å². The van der Waals surface area contributed by atoms with Gasteiger partial charge in [0.2, 0.25) is 10.0 Å². The fourth-order valence-corrected chi connectivity index (χ4v) is 3.80. The first-order chi connectivity index (χ1) is 11.9. The summed E-state index contributed by atoms with van der Waals surface area (Å²) in [4.78, 5) is 0.309. The zero-order valence-corrected chi connectivity index (χ0v) is 15.9. The van der Waals surface area contributed by atoms with Crippen LogP contribution in [0.25, 0.3) is 0 Å². The molecular weight excluding hydrogens is 338 g/mol. The molecule has 2 aromatic carbocycles. The minimum atomic E-state index is -3.58. The lowest BCUT2D eigenvalue weighted by atomic mass is 10.2. The van der Waals surface area contributed by atoms with Crippen molar-refractivity contribution in [2.24, 2.45) is 0 Å². The summed E-state index contributed by atoms with van der Waals surface area (Å²) in [5, 5.41) is 0. The van der Waals surface area contributed by atoms with Crippen LogP contribution in [0.15, 0.2) is 41.3 Å². The van der Waals surface area contributed by atoms with Crippen molar-refractivity contribution in [2.75, 3.05) is 13.2 Å². The molecular formula is C19H25NO4S. The smallest absolute Gasteiger partial charge is 0.241 e. The van der Waals surface area contributed by atoms with Crippen molar-refractivity contribution in [2.45, 2.75) is 39.1 Å². The Morgan fingerprint density at radius 2 is 1.60 bits per heavy atom. The van der Waals surface area contributed by atoms with Crippen LogP contribution >= 0.6 is 0 Å². The third kappa shape index (κ3) is 4.96. The van der Waals surface area contributed by atoms with Crippen molar-refractivity contribution in [1.82, 2.24) is 4.72 Å². The monoisotopic (exact) mass is 363 g/mol. The van der Waals surface area contributed by atoms with Crippen LogP contribution in [0.2, 0.25) is 0 Å². The SMILES string of the molecule is CCOc1ccc(CNS(=O)(=O)c2cc(C)ccc2C)cc1OCC. The predicted octanol–water partition coefficient (Wildman–Crippen LogP) is 3.58. The Labute approximate surface area is 150 Å². The quantitative estimate of drug-likeness (QED) is 0.779. The Morgan fingerprint density at radius 1 is 0.920 bits per heavy atom. The Balaban J connectivity index is 2.19. The van der Waals surface area contributed by atoms with Gasteiger partial charge in [0.1, 0.15) is 0 Å². The van der Waals surface area contributed by atoms with Crippen molar-refractivity contribution in [3.05, 3.63) is 53.1 Å². The van der Waals surface area contributed by atoms with E-state index in [1.165, 1.54) is 0 Å². The lowest BCUT2D eigenvalue weighted by Crippen LogP contribution is -2.24. The van der Waals surface area contributed by atoms with Crippen LogP contribution in [0.3, 0.4) is 0 Å². The maximum absolute atomic E-state index is 12.6. The zero-order chi connectivity index (χ0) is 18.4. The molecule has 0 radical (unpaired) electrons. The fraction of sp³-hybridized carbons (Fsp3) is 0.368. The van der Waals surface area contributed by atoms with Gasteiger partial charge in [-0.05, 0) is 62.6 Å². The summed E-state index contributed by atoms with van der Waals surface area (Å²) < 4.78 is 38.9. The highest BCUT2D eigenvalue weighted by Gasteiger charge is 2.17. The Hall–Kier alpha value is -2.05. The highest BCUT2D eigenvalue weighted by molar-refractivity contribution is 7.89. The number of aryl methyl sites for hydroxylation is 2. The number of rotatable bonds is 8. The van der Waals surface area contributed by atoms with E-state index in [4.69, 9.17) is 9.47 Å². The summed E-state index contributed by atoms with van der Waals surface area (Å²) in [7, 11) is -3.58. The number of hydrogen-bond acceptors (Lipinski definition) is 4. The van der Waals surface area contributed by atoms with Gasteiger partial charge < -0.3 is 9.47 Å². The first kappa shape index (κ1) is 19.3. The summed E-state index contributed by atoms with van der Waals surface area (Å²) in [6.07, 6.45) is 0. The van der Waals surface area contributed by atoms with E-state index >= 15 is 0 Å². The molecule has 1 N–H and O–H groups in total. The van der Waals surface area contributed by atoms with Crippen LogP contribution in [0.1, 0.15) is 30.5 Å². The second kappa shape index (κ2) is 8.36. The lowest BCUT2D eigenvalue weighted by Gasteiger charge is -2.13. The van der Waals surface area contributed by atoms with Crippen molar-refractivity contribution < 1.29 is 17.9 Å². The van der Waals surface area contributed by atoms with Crippen LogP contribution in [-0.2, 0) is 16.6 Å². The van der Waals surface area contributed by atoms with E-state index in [-0.39, 0.29) is 6.54 Å². The first-order valence-electron chi connectivity index (χ1n) is 8.32. The van der Waals surface area contributed by atoms with Crippen LogP contribution in [0.5, 0.6) is 11.5 Å². The Morgan fingerprint density at radius 3 is 2.28 bits per heavy atom. The van der Waals surface area contributed by atoms with Crippen molar-refractivity contribution in [3.8, 4) is 11.5 Å². The molecule has 0 aliphatic carbocycles. The molecule has 0 atom stereocenters. The maximum atomic E-state index is 12.6. The minimum Gasteiger partial charge on any atom is -0.490 e. The number of benzene rings is 2. The number of sulfonamides is 1. The van der Waals surface area contributed by atoms with Gasteiger partial charge in [-0.25, -0.2) is 13.1 Å². The molecule has 6 heteroatoms. The van der Waals surface area contributed by atoms with Gasteiger partial charge in [-0.2, -0.15) is 0 Å². The summed E-state index contributed by atoms with van der Waals surface area (Å²) in [5.74, 6) is 1.28. The average molecular weight is 363 g/mol. The largest absolute Gasteiger partial charge is 0.490 e. The van der Waals surface area contributed by atoms with Crippen molar-refractivity contribution >= 4 is 10.0 Å². The molecule has 0 saturated carbocycles. The van der Waals surface area contributed by atoms with E-state index in [1.807, 2.05) is 39.0 Å². The molecule has 0 aliphatic heterocycles. The summed E-state index contributed by atoms with van der Waals surface area (Å²) in [5.41, 5.74) is 2.44. The minimum absolute atomic E-state index is 0.183. The maximum Gasteiger partial charge on any atom is 0.241 e. The van der Waals surface area contributed by atoms with Crippen LogP contribution in [0.4, 0.5) is 0 Å². The van der Waals surface area contributed by atoms with E-state index in [0.29, 0.717) is 29.6 Å². The van der Waals surface area contributed by atoms with Gasteiger partial charge in [-0.3, -0.25) is 0 Å². The van der Waals surface area contributed by atoms with Crippen molar-refractivity contribution in [3.63, 3.8) is 0 Å². The third-order valence-electron chi connectivity index (χ3n) is 3.71. The van der Waals surface area contributed by atoms with E-state index < -0.39 is 10.0 Å². The summed E-state index contributed by atoms with van der Waals surface area (Å²) in [6, 6.07) is 10.8. The molecule has 0 unspecified atom stereocenters. The standard InChI is InChI=1S/C19H25NO4S/c1-5-23-17-10-9-16(12-18(17)24-6-2)13-20-25(21,22)19-11-14(3)7-8-15(19)4/h7-12,20H,5-6,13H2,1-4H3. The zero-order valence-electron chi connectivity index (χ0n) is 15.1. The second-order valence-corrected chi connectivity index (χ2v) is 7.48. The molecule has 0 saturated heterocycles. The number of nitrogens with one attached hydrogen (secondary N) is 1. The number of hydrogen-bond donors (Lipinski definition) is 1. The summed E-state index contributed by atoms with van der Waals surface area (Å²) >= 11 is 0. The van der Waals surface area contributed by atoms with Crippen LogP contribution in [-0.4, -0.2) is 21.6 Å². The molecule has 0 bridgehead atoms. The van der Waals surface area contributed by atoms with Crippen LogP contribution in [0, 0.1) is 13.8 Å². The highest BCUT2D eigenvalue weighted by atomic mass is 32.2. The molecule has 0 fully saturated rings. The lowest BCUT2D eigenvalue weighted by molar-refractivity contribution is 0.287. The van der Waals surface area contributed by atoms with Gasteiger partial charge in [-0.1, -0.05) is 18.2 Å². The normalized spacial score (nSPS) is 11.4. The van der Waals surface area contributed by atoms with Gasteiger partial charge in [-0.15, -0.1) is 0 Å². The molecule has 136 valence electrons. The second-order valence-electron chi connectivity index (χ2n) is 5.74. The Bertz CT molecular complexity index is 831. The average Bonchev–Trinajstić information content (AvgIpc) is 2.57. The van der Waals surface area contributed by atoms with Gasteiger partial charge >= 0.3 is 0 Å². The molecule has 25 heavy (non-hydrogen) atoms. The van der Waals surface area contributed by atoms with Gasteiger partial charge in [0.05, 0.1) is 18.1 Å². The van der Waals surface area contributed by atoms with Gasteiger partial charge in [0.25, 0.3) is 0 Å². The first-order valence-corrected chi connectivity index (χ1v) is 9.81. The fourth-order valence-electron chi connectivity index (χ4n) is 2.46. The van der Waals surface area contributed by atoms with Gasteiger partial charge in [0.15, 0.2) is 11.5 Å². The van der Waals surface area contributed by atoms with Gasteiger partial charge in [0, 0.05) is 6.54 Å². The molecule has 0 aromatic heterocycles. The molecule has 5 nitrogen and oxygen atoms in total. The molecule has 2 rings (SSSR count). The van der Waals surface area contributed by atoms with E-state index in [0.717, 1.165) is 16.7 Å². The van der Waals surface area contributed by atoms with Crippen LogP contribution < -0.4 is 14.2 Å². The molecule has 0 heterocycles. The predicted molar refractivity (Wildman–Crippen MR) is 98.7 cm³/mol. The Kier molecular flexibility index (Phi) is 6.45. The van der Waals surface area contributed by atoms with Crippen molar-refractivity contribution in [1.29, 1.82) is 0 Å². The number of ether oxygens (including phenoxy) is 2. The van der Waals surface area contributed by atoms with E-state index in [2.05, 4.69) is 4.72 Å². The van der Waals surface area contributed by atoms with E-state index in [1.54, 1.807) is 25.1 Å². The molecule has 0 aliphatic rings. The third-order valence-corrected chi connectivity index (χ3v) is 5.25. The molecule has 0 spiro atoms. The molecule has 2 aromatic rings. The highest BCUT2D eigenvalue weighted by Crippen LogP contribution is 2.28.